The molecule has 0 amide bonds. The van der Waals surface area contributed by atoms with Crippen LogP contribution in [0.1, 0.15) is 20.3 Å². The monoisotopic (exact) mass is 182 g/mol. The van der Waals surface area contributed by atoms with E-state index in [0.29, 0.717) is 6.61 Å². The molecule has 3 N–H and O–H groups in total. The minimum Gasteiger partial charge on any atom is -0.412 e. The summed E-state index contributed by atoms with van der Waals surface area (Å²) >= 11 is 0. The van der Waals surface area contributed by atoms with Gasteiger partial charge >= 0.3 is 0 Å². The van der Waals surface area contributed by atoms with E-state index in [2.05, 4.69) is 11.7 Å². The van der Waals surface area contributed by atoms with Crippen molar-refractivity contribution in [2.45, 2.75) is 32.4 Å². The smallest absolute Gasteiger partial charge is 0.0745 e. The summed E-state index contributed by atoms with van der Waals surface area (Å²) in [6, 6.07) is 1.46. The first-order valence-corrected chi connectivity index (χ1v) is 5.27. The zero-order valence-electron chi connectivity index (χ0n) is 8.05. The molecule has 1 atom stereocenters. The third kappa shape index (κ3) is 39.4. The van der Waals surface area contributed by atoms with E-state index >= 15 is 0 Å². The predicted molar refractivity (Wildman–Crippen MR) is 52.2 cm³/mol. The summed E-state index contributed by atoms with van der Waals surface area (Å²) in [4.78, 5) is 0. The van der Waals surface area contributed by atoms with Crippen molar-refractivity contribution < 1.29 is 15.3 Å². The molecule has 0 radical (unpaired) electrons. The Labute approximate surface area is 72.5 Å². The fourth-order valence-corrected chi connectivity index (χ4v) is 0.241. The van der Waals surface area contributed by atoms with Crippen LogP contribution >= 0.6 is 0 Å². The molecular weight excluding hydrogens is 160 g/mol. The number of hydrogen-bond donors (Lipinski definition) is 1. The zero-order chi connectivity index (χ0) is 8.41. The summed E-state index contributed by atoms with van der Waals surface area (Å²) in [7, 11) is 2.95. The van der Waals surface area contributed by atoms with Crippen LogP contribution in [0.15, 0.2) is 0 Å². The van der Waals surface area contributed by atoms with Crippen LogP contribution in [0, 0.1) is 0 Å². The molecule has 72 valence electrons. The van der Waals surface area contributed by atoms with Crippen LogP contribution < -0.4 is 0 Å². The molecule has 11 heavy (non-hydrogen) atoms. The Kier molecular flexibility index (Phi) is 26.0. The third-order valence-corrected chi connectivity index (χ3v) is 1.91. The molecule has 0 fully saturated rings. The second kappa shape index (κ2) is 16.6. The molecule has 0 heterocycles. The highest BCUT2D eigenvalue weighted by Crippen LogP contribution is 1.75. The normalized spacial score (nSPS) is 10.9. The lowest BCUT2D eigenvalue weighted by molar-refractivity contribution is 0.0765. The highest BCUT2D eigenvalue weighted by atomic mass is 28.1. The molecule has 0 aromatic rings. The van der Waals surface area contributed by atoms with Crippen molar-refractivity contribution in [1.82, 2.24) is 0 Å². The van der Waals surface area contributed by atoms with Gasteiger partial charge in [0.05, 0.1) is 12.7 Å². The van der Waals surface area contributed by atoms with Gasteiger partial charge in [-0.3, -0.25) is 0 Å². The second-order valence-corrected chi connectivity index (χ2v) is 3.30. The first kappa shape index (κ1) is 17.3. The van der Waals surface area contributed by atoms with E-state index in [1.807, 2.05) is 0 Å². The highest BCUT2D eigenvalue weighted by molar-refractivity contribution is 6.08. The van der Waals surface area contributed by atoms with Gasteiger partial charge in [0.15, 0.2) is 0 Å². The van der Waals surface area contributed by atoms with Crippen LogP contribution in [0.4, 0.5) is 0 Å². The van der Waals surface area contributed by atoms with Gasteiger partial charge in [-0.1, -0.05) is 19.4 Å². The fourth-order valence-electron chi connectivity index (χ4n) is 0.241. The van der Waals surface area contributed by atoms with Crippen molar-refractivity contribution >= 4 is 10.2 Å². The van der Waals surface area contributed by atoms with Crippen LogP contribution in [0.25, 0.3) is 0 Å². The summed E-state index contributed by atoms with van der Waals surface area (Å²) < 4.78 is 4.55. The summed E-state index contributed by atoms with van der Waals surface area (Å²) in [5.41, 5.74) is 0. The molecule has 0 bridgehead atoms. The van der Waals surface area contributed by atoms with Crippen LogP contribution in [-0.2, 0) is 4.74 Å². The molecule has 0 saturated heterocycles. The van der Waals surface area contributed by atoms with Crippen molar-refractivity contribution in [3.63, 3.8) is 0 Å². The van der Waals surface area contributed by atoms with Gasteiger partial charge in [0.25, 0.3) is 0 Å². The molecule has 0 spiro atoms. The van der Waals surface area contributed by atoms with Crippen LogP contribution in [-0.4, -0.2) is 40.6 Å². The lowest BCUT2D eigenvalue weighted by atomic mass is 10.5. The minimum absolute atomic E-state index is 0. The van der Waals surface area contributed by atoms with E-state index in [1.54, 1.807) is 14.0 Å². The molecule has 0 aromatic carbocycles. The van der Waals surface area contributed by atoms with Gasteiger partial charge in [-0.2, -0.15) is 0 Å². The summed E-state index contributed by atoms with van der Waals surface area (Å²) in [6.45, 7) is 4.33. The molecule has 1 unspecified atom stereocenters. The Morgan fingerprint density at radius 2 is 1.91 bits per heavy atom. The molecule has 0 rings (SSSR count). The average molecular weight is 182 g/mol. The molecule has 0 aliphatic rings. The predicted octanol–water partition coefficient (Wildman–Crippen LogP) is -0.631. The fraction of sp³-hybridized carbons (Fsp3) is 1.00. The quantitative estimate of drug-likeness (QED) is 0.591. The van der Waals surface area contributed by atoms with Gasteiger partial charge in [0.2, 0.25) is 0 Å². The Balaban J connectivity index is -0.000000114. The van der Waals surface area contributed by atoms with Gasteiger partial charge in [0, 0.05) is 17.4 Å². The second-order valence-electron chi connectivity index (χ2n) is 2.30. The van der Waals surface area contributed by atoms with Gasteiger partial charge in [0.1, 0.15) is 0 Å². The van der Waals surface area contributed by atoms with E-state index in [9.17, 15) is 0 Å². The van der Waals surface area contributed by atoms with Gasteiger partial charge < -0.3 is 15.3 Å². The number of ether oxygens (including phenoxy) is 1. The molecule has 0 aromatic heterocycles. The topological polar surface area (TPSA) is 61.0 Å². The minimum atomic E-state index is -0.324. The lowest BCUT2D eigenvalue weighted by Crippen LogP contribution is -2.07. The Morgan fingerprint density at radius 1 is 1.55 bits per heavy atom. The number of methoxy groups -OCH3 is 1. The van der Waals surface area contributed by atoms with Crippen molar-refractivity contribution in [2.24, 2.45) is 0 Å². The van der Waals surface area contributed by atoms with E-state index < -0.39 is 0 Å². The molecule has 3 nitrogen and oxygen atoms in total. The van der Waals surface area contributed by atoms with E-state index in [1.165, 1.54) is 22.7 Å². The van der Waals surface area contributed by atoms with Crippen molar-refractivity contribution in [3.05, 3.63) is 0 Å². The van der Waals surface area contributed by atoms with E-state index in [-0.39, 0.29) is 11.6 Å². The molecule has 4 heteroatoms. The largest absolute Gasteiger partial charge is 0.412 e. The molecule has 0 saturated carbocycles. The Bertz CT molecular complexity index is 49.0. The molecule has 0 aliphatic heterocycles. The summed E-state index contributed by atoms with van der Waals surface area (Å²) in [5, 5.41) is 8.43. The maximum atomic E-state index is 8.43. The van der Waals surface area contributed by atoms with Crippen molar-refractivity contribution in [3.8, 4) is 0 Å². The standard InChI is InChI=1S/C4H10O2.C3H10Si.H2O/c1-4(5)3-6-2;1-2-3-4;/h4-5H,3H2,1-2H3;2-3H2,1,4H3;1H2. The Hall–Kier alpha value is 0.0969. The maximum Gasteiger partial charge on any atom is 0.0745 e. The first-order valence-electron chi connectivity index (χ1n) is 3.85. The number of aliphatic hydroxyl groups is 1. The summed E-state index contributed by atoms with van der Waals surface area (Å²) in [5.74, 6) is 0. The lowest BCUT2D eigenvalue weighted by Gasteiger charge is -1.97. The first-order chi connectivity index (χ1) is 4.68. The zero-order valence-corrected chi connectivity index (χ0v) is 10.1. The van der Waals surface area contributed by atoms with Crippen molar-refractivity contribution in [2.75, 3.05) is 13.7 Å². The maximum absolute atomic E-state index is 8.43. The van der Waals surface area contributed by atoms with Gasteiger partial charge in [-0.05, 0) is 6.92 Å². The third-order valence-electron chi connectivity index (χ3n) is 0.908. The molecule has 0 aliphatic carbocycles. The van der Waals surface area contributed by atoms with Crippen molar-refractivity contribution in [1.29, 1.82) is 0 Å². The van der Waals surface area contributed by atoms with Crippen LogP contribution in [0.3, 0.4) is 0 Å². The average Bonchev–Trinajstić information content (AvgIpc) is 1.89. The number of rotatable bonds is 3. The van der Waals surface area contributed by atoms with Crippen LogP contribution in [0.2, 0.25) is 6.04 Å². The van der Waals surface area contributed by atoms with Gasteiger partial charge in [-0.25, -0.2) is 0 Å². The highest BCUT2D eigenvalue weighted by Gasteiger charge is 1.87. The Morgan fingerprint density at radius 3 is 1.91 bits per heavy atom. The number of hydrogen-bond acceptors (Lipinski definition) is 2. The summed E-state index contributed by atoms with van der Waals surface area (Å²) in [6.07, 6.45) is 1.06. The molecular formula is C7H22O3Si. The number of aliphatic hydroxyl groups excluding tert-OH is 1. The van der Waals surface area contributed by atoms with Gasteiger partial charge in [-0.15, -0.1) is 0 Å². The van der Waals surface area contributed by atoms with E-state index in [4.69, 9.17) is 5.11 Å². The SMILES string of the molecule is CCC[SiH3].COCC(C)O.O. The van der Waals surface area contributed by atoms with Crippen LogP contribution in [0.5, 0.6) is 0 Å². The van der Waals surface area contributed by atoms with E-state index in [0.717, 1.165) is 0 Å².